The molecule has 0 aliphatic carbocycles. The molecule has 0 N–H and O–H groups in total. The molecule has 0 radical (unpaired) electrons. The number of nitrogens with zero attached hydrogens (tertiary/aromatic N) is 2. The van der Waals surface area contributed by atoms with Gasteiger partial charge in [-0.1, -0.05) is 18.2 Å². The third-order valence-electron chi connectivity index (χ3n) is 4.23. The van der Waals surface area contributed by atoms with E-state index in [9.17, 15) is 9.18 Å². The summed E-state index contributed by atoms with van der Waals surface area (Å²) in [6, 6.07) is 14.5. The Labute approximate surface area is 151 Å². The van der Waals surface area contributed by atoms with Gasteiger partial charge >= 0.3 is 0 Å². The maximum absolute atomic E-state index is 13.9. The van der Waals surface area contributed by atoms with Crippen molar-refractivity contribution in [3.63, 3.8) is 0 Å². The molecule has 25 heavy (non-hydrogen) atoms. The maximum Gasteiger partial charge on any atom is 0.233 e. The predicted octanol–water partition coefficient (Wildman–Crippen LogP) is 3.28. The minimum absolute atomic E-state index is 0.112. The predicted molar refractivity (Wildman–Crippen MR) is 98.9 cm³/mol. The molecule has 3 rings (SSSR count). The van der Waals surface area contributed by atoms with Gasteiger partial charge in [0.1, 0.15) is 11.6 Å². The Morgan fingerprint density at radius 3 is 2.60 bits per heavy atom. The second kappa shape index (κ2) is 8.25. The zero-order valence-corrected chi connectivity index (χ0v) is 15.0. The molecule has 0 unspecified atom stereocenters. The summed E-state index contributed by atoms with van der Waals surface area (Å²) in [4.78, 5) is 17.3. The molecule has 4 nitrogen and oxygen atoms in total. The fourth-order valence-electron chi connectivity index (χ4n) is 2.83. The summed E-state index contributed by atoms with van der Waals surface area (Å²) in [6.07, 6.45) is 0. The fourth-order valence-corrected chi connectivity index (χ4v) is 3.68. The number of amides is 1. The van der Waals surface area contributed by atoms with Gasteiger partial charge in [-0.05, 0) is 30.3 Å². The van der Waals surface area contributed by atoms with Crippen molar-refractivity contribution >= 4 is 23.4 Å². The van der Waals surface area contributed by atoms with Gasteiger partial charge in [0.15, 0.2) is 0 Å². The van der Waals surface area contributed by atoms with E-state index in [1.165, 1.54) is 17.8 Å². The standard InChI is InChI=1S/C19H21FN2O2S/c1-24-15-5-4-6-16(13-15)25-14-19(23)22-11-9-21(10-12-22)18-8-3-2-7-17(18)20/h2-8,13H,9-12,14H2,1H3. The summed E-state index contributed by atoms with van der Waals surface area (Å²) < 4.78 is 19.1. The van der Waals surface area contributed by atoms with Gasteiger partial charge in [-0.15, -0.1) is 11.8 Å². The first-order chi connectivity index (χ1) is 12.2. The zero-order chi connectivity index (χ0) is 17.6. The van der Waals surface area contributed by atoms with Crippen LogP contribution in [0, 0.1) is 5.82 Å². The van der Waals surface area contributed by atoms with E-state index in [1.54, 1.807) is 19.2 Å². The largest absolute Gasteiger partial charge is 0.497 e. The first kappa shape index (κ1) is 17.6. The minimum Gasteiger partial charge on any atom is -0.497 e. The third-order valence-corrected chi connectivity index (χ3v) is 5.21. The van der Waals surface area contributed by atoms with Crippen molar-refractivity contribution in [1.29, 1.82) is 0 Å². The molecule has 2 aromatic rings. The number of methoxy groups -OCH3 is 1. The monoisotopic (exact) mass is 360 g/mol. The molecule has 1 heterocycles. The van der Waals surface area contributed by atoms with Crippen molar-refractivity contribution in [3.05, 3.63) is 54.3 Å². The van der Waals surface area contributed by atoms with Crippen LogP contribution in [0.1, 0.15) is 0 Å². The Kier molecular flexibility index (Phi) is 5.81. The molecule has 1 saturated heterocycles. The first-order valence-electron chi connectivity index (χ1n) is 8.21. The molecule has 132 valence electrons. The van der Waals surface area contributed by atoms with Crippen molar-refractivity contribution < 1.29 is 13.9 Å². The highest BCUT2D eigenvalue weighted by Gasteiger charge is 2.22. The van der Waals surface area contributed by atoms with E-state index >= 15 is 0 Å². The zero-order valence-electron chi connectivity index (χ0n) is 14.2. The van der Waals surface area contributed by atoms with Gasteiger partial charge in [-0.25, -0.2) is 4.39 Å². The van der Waals surface area contributed by atoms with Gasteiger partial charge in [-0.3, -0.25) is 4.79 Å². The highest BCUT2D eigenvalue weighted by atomic mass is 32.2. The number of halogens is 1. The Bertz CT molecular complexity index is 733. The molecule has 0 bridgehead atoms. The Morgan fingerprint density at radius 2 is 1.88 bits per heavy atom. The van der Waals surface area contributed by atoms with Gasteiger partial charge in [0.25, 0.3) is 0 Å². The van der Waals surface area contributed by atoms with Gasteiger partial charge in [0.2, 0.25) is 5.91 Å². The van der Waals surface area contributed by atoms with E-state index < -0.39 is 0 Å². The lowest BCUT2D eigenvalue weighted by Gasteiger charge is -2.36. The number of benzene rings is 2. The molecule has 1 fully saturated rings. The number of piperazine rings is 1. The first-order valence-corrected chi connectivity index (χ1v) is 9.20. The Hall–Kier alpha value is -2.21. The SMILES string of the molecule is COc1cccc(SCC(=O)N2CCN(c3ccccc3F)CC2)c1. The van der Waals surface area contributed by atoms with Crippen LogP contribution in [0.4, 0.5) is 10.1 Å². The van der Waals surface area contributed by atoms with Crippen LogP contribution in [-0.2, 0) is 4.79 Å². The average molecular weight is 360 g/mol. The van der Waals surface area contributed by atoms with Crippen molar-refractivity contribution in [2.24, 2.45) is 0 Å². The normalized spacial score (nSPS) is 14.5. The van der Waals surface area contributed by atoms with Crippen LogP contribution in [0.15, 0.2) is 53.4 Å². The topological polar surface area (TPSA) is 32.8 Å². The Morgan fingerprint density at radius 1 is 1.12 bits per heavy atom. The quantitative estimate of drug-likeness (QED) is 0.766. The van der Waals surface area contributed by atoms with E-state index in [4.69, 9.17) is 4.74 Å². The average Bonchev–Trinajstić information content (AvgIpc) is 2.67. The lowest BCUT2D eigenvalue weighted by Crippen LogP contribution is -2.49. The summed E-state index contributed by atoms with van der Waals surface area (Å²) in [5.41, 5.74) is 0.611. The highest BCUT2D eigenvalue weighted by molar-refractivity contribution is 8.00. The number of hydrogen-bond donors (Lipinski definition) is 0. The van der Waals surface area contributed by atoms with Crippen LogP contribution in [0.25, 0.3) is 0 Å². The van der Waals surface area contributed by atoms with Crippen molar-refractivity contribution in [2.75, 3.05) is 43.9 Å². The smallest absolute Gasteiger partial charge is 0.233 e. The molecule has 1 aliphatic heterocycles. The Balaban J connectivity index is 1.50. The summed E-state index contributed by atoms with van der Waals surface area (Å²) in [6.45, 7) is 2.53. The molecule has 2 aromatic carbocycles. The second-order valence-electron chi connectivity index (χ2n) is 5.79. The second-order valence-corrected chi connectivity index (χ2v) is 6.84. The van der Waals surface area contributed by atoms with Crippen molar-refractivity contribution in [2.45, 2.75) is 4.90 Å². The third kappa shape index (κ3) is 4.45. The summed E-state index contributed by atoms with van der Waals surface area (Å²) in [5.74, 6) is 1.08. The van der Waals surface area contributed by atoms with Gasteiger partial charge in [0, 0.05) is 31.1 Å². The number of carbonyl (C=O) groups excluding carboxylic acids is 1. The molecule has 1 aliphatic rings. The van der Waals surface area contributed by atoms with Crippen LogP contribution in [-0.4, -0.2) is 49.8 Å². The van der Waals surface area contributed by atoms with Crippen LogP contribution < -0.4 is 9.64 Å². The number of anilines is 1. The molecular formula is C19H21FN2O2S. The summed E-state index contributed by atoms with van der Waals surface area (Å²) in [7, 11) is 1.63. The molecule has 1 amide bonds. The number of hydrogen-bond acceptors (Lipinski definition) is 4. The van der Waals surface area contributed by atoms with E-state index in [0.717, 1.165) is 10.6 Å². The van der Waals surface area contributed by atoms with Crippen LogP contribution in [0.2, 0.25) is 0 Å². The molecule has 0 aromatic heterocycles. The van der Waals surface area contributed by atoms with Gasteiger partial charge in [0.05, 0.1) is 18.6 Å². The van der Waals surface area contributed by atoms with Gasteiger partial charge < -0.3 is 14.5 Å². The minimum atomic E-state index is -0.212. The van der Waals surface area contributed by atoms with Crippen molar-refractivity contribution in [3.8, 4) is 5.75 Å². The number of rotatable bonds is 5. The van der Waals surface area contributed by atoms with Crippen LogP contribution in [0.3, 0.4) is 0 Å². The van der Waals surface area contributed by atoms with Crippen LogP contribution >= 0.6 is 11.8 Å². The fraction of sp³-hybridized carbons (Fsp3) is 0.316. The van der Waals surface area contributed by atoms with E-state index in [1.807, 2.05) is 40.1 Å². The summed E-state index contributed by atoms with van der Waals surface area (Å²) >= 11 is 1.51. The molecule has 0 atom stereocenters. The number of thioether (sulfide) groups is 1. The van der Waals surface area contributed by atoms with Crippen molar-refractivity contribution in [1.82, 2.24) is 4.90 Å². The molecular weight excluding hydrogens is 339 g/mol. The maximum atomic E-state index is 13.9. The number of para-hydroxylation sites is 1. The molecule has 0 spiro atoms. The lowest BCUT2D eigenvalue weighted by molar-refractivity contribution is -0.128. The van der Waals surface area contributed by atoms with E-state index in [0.29, 0.717) is 37.6 Å². The van der Waals surface area contributed by atoms with E-state index in [-0.39, 0.29) is 11.7 Å². The highest BCUT2D eigenvalue weighted by Crippen LogP contribution is 2.24. The number of carbonyl (C=O) groups is 1. The lowest BCUT2D eigenvalue weighted by atomic mass is 10.2. The molecule has 6 heteroatoms. The number of ether oxygens (including phenoxy) is 1. The van der Waals surface area contributed by atoms with E-state index in [2.05, 4.69) is 0 Å². The molecule has 0 saturated carbocycles. The summed E-state index contributed by atoms with van der Waals surface area (Å²) in [5, 5.41) is 0. The van der Waals surface area contributed by atoms with Gasteiger partial charge in [-0.2, -0.15) is 0 Å². The van der Waals surface area contributed by atoms with Crippen LogP contribution in [0.5, 0.6) is 5.75 Å².